The second kappa shape index (κ2) is 8.85. The van der Waals surface area contributed by atoms with E-state index in [4.69, 9.17) is 9.72 Å². The Morgan fingerprint density at radius 1 is 0.938 bits per heavy atom. The summed E-state index contributed by atoms with van der Waals surface area (Å²) >= 11 is 1.76. The third-order valence-electron chi connectivity index (χ3n) is 5.40. The van der Waals surface area contributed by atoms with Gasteiger partial charge in [0.15, 0.2) is 0 Å². The molecule has 0 radical (unpaired) electrons. The predicted molar refractivity (Wildman–Crippen MR) is 130 cm³/mol. The fraction of sp³-hybridized carbons (Fsp3) is 0.115. The van der Waals surface area contributed by atoms with Crippen molar-refractivity contribution in [2.24, 2.45) is 7.05 Å². The summed E-state index contributed by atoms with van der Waals surface area (Å²) in [6.45, 7) is 0. The van der Waals surface area contributed by atoms with Crippen LogP contribution in [0, 0.1) is 0 Å². The Bertz CT molecular complexity index is 1360. The highest BCUT2D eigenvalue weighted by Gasteiger charge is 2.13. The number of pyridine rings is 2. The molecule has 5 rings (SSSR count). The molecule has 2 aromatic carbocycles. The summed E-state index contributed by atoms with van der Waals surface area (Å²) in [4.78, 5) is 10.1. The van der Waals surface area contributed by atoms with Crippen molar-refractivity contribution in [3.63, 3.8) is 0 Å². The smallest absolute Gasteiger partial charge is 0.130 e. The Hall–Kier alpha value is -3.64. The van der Waals surface area contributed by atoms with Gasteiger partial charge in [-0.15, -0.1) is 11.8 Å². The molecule has 158 valence electrons. The molecule has 0 saturated carbocycles. The zero-order valence-electron chi connectivity index (χ0n) is 17.9. The number of thioether (sulfide) groups is 1. The van der Waals surface area contributed by atoms with E-state index in [1.807, 2.05) is 72.8 Å². The van der Waals surface area contributed by atoms with Crippen LogP contribution in [0.5, 0.6) is 5.75 Å². The van der Waals surface area contributed by atoms with E-state index in [9.17, 15) is 0 Å². The van der Waals surface area contributed by atoms with Crippen molar-refractivity contribution >= 4 is 22.7 Å². The fourth-order valence-corrected chi connectivity index (χ4v) is 4.62. The summed E-state index contributed by atoms with van der Waals surface area (Å²) in [7, 11) is 3.68. The topological polar surface area (TPSA) is 52.8 Å². The molecule has 0 N–H and O–H groups in total. The third kappa shape index (κ3) is 3.97. The lowest BCUT2D eigenvalue weighted by molar-refractivity contribution is 0.419. The molecule has 0 aliphatic rings. The first-order valence-electron chi connectivity index (χ1n) is 10.3. The molecule has 0 bridgehead atoms. The minimum absolute atomic E-state index is 0.772. The average molecular weight is 439 g/mol. The lowest BCUT2D eigenvalue weighted by Crippen LogP contribution is -1.95. The van der Waals surface area contributed by atoms with Crippen molar-refractivity contribution in [1.29, 1.82) is 0 Å². The highest BCUT2D eigenvalue weighted by atomic mass is 32.2. The maximum atomic E-state index is 5.57. The first kappa shape index (κ1) is 20.3. The highest BCUT2D eigenvalue weighted by Crippen LogP contribution is 2.33. The van der Waals surface area contributed by atoms with Crippen LogP contribution in [0.2, 0.25) is 0 Å². The standard InChI is InChI=1S/C26H22N4OS/c1-30-26(23(16-28-30)18-11-13-27-14-12-18)19-7-9-21(10-8-19)32-17-20-15-25(31-2)22-5-3-4-6-24(22)29-20/h3-16H,17H2,1-2H3. The minimum Gasteiger partial charge on any atom is -0.496 e. The Morgan fingerprint density at radius 3 is 2.50 bits per heavy atom. The third-order valence-corrected chi connectivity index (χ3v) is 6.44. The maximum Gasteiger partial charge on any atom is 0.130 e. The molecule has 0 atom stereocenters. The summed E-state index contributed by atoms with van der Waals surface area (Å²) < 4.78 is 7.49. The van der Waals surface area contributed by atoms with Crippen molar-refractivity contribution in [1.82, 2.24) is 19.7 Å². The molecule has 0 unspecified atom stereocenters. The van der Waals surface area contributed by atoms with Gasteiger partial charge in [-0.1, -0.05) is 24.3 Å². The van der Waals surface area contributed by atoms with Gasteiger partial charge >= 0.3 is 0 Å². The molecule has 3 aromatic heterocycles. The number of aromatic nitrogens is 4. The van der Waals surface area contributed by atoms with Gasteiger partial charge in [0.2, 0.25) is 0 Å². The maximum absolute atomic E-state index is 5.57. The quantitative estimate of drug-likeness (QED) is 0.304. The van der Waals surface area contributed by atoms with Gasteiger partial charge in [-0.2, -0.15) is 5.10 Å². The van der Waals surface area contributed by atoms with Crippen LogP contribution < -0.4 is 4.74 Å². The van der Waals surface area contributed by atoms with Crippen molar-refractivity contribution in [3.05, 3.63) is 91.0 Å². The highest BCUT2D eigenvalue weighted by molar-refractivity contribution is 7.98. The summed E-state index contributed by atoms with van der Waals surface area (Å²) in [5.41, 5.74) is 6.39. The van der Waals surface area contributed by atoms with E-state index in [0.29, 0.717) is 0 Å². The largest absolute Gasteiger partial charge is 0.496 e. The molecule has 0 spiro atoms. The van der Waals surface area contributed by atoms with E-state index < -0.39 is 0 Å². The van der Waals surface area contributed by atoms with E-state index >= 15 is 0 Å². The van der Waals surface area contributed by atoms with E-state index in [2.05, 4.69) is 34.3 Å². The molecule has 0 amide bonds. The first-order chi connectivity index (χ1) is 15.7. The second-order valence-corrected chi connectivity index (χ2v) is 8.46. The molecule has 0 saturated heterocycles. The van der Waals surface area contributed by atoms with Crippen LogP contribution in [0.1, 0.15) is 5.69 Å². The van der Waals surface area contributed by atoms with Crippen LogP contribution in [-0.2, 0) is 12.8 Å². The molecule has 6 heteroatoms. The lowest BCUT2D eigenvalue weighted by atomic mass is 10.0. The molecule has 5 nitrogen and oxygen atoms in total. The molecular formula is C26H22N4OS. The molecule has 0 fully saturated rings. The summed E-state index contributed by atoms with van der Waals surface area (Å²) in [6.07, 6.45) is 5.52. The van der Waals surface area contributed by atoms with Gasteiger partial charge in [0, 0.05) is 52.7 Å². The van der Waals surface area contributed by atoms with E-state index in [1.54, 1.807) is 18.9 Å². The monoisotopic (exact) mass is 438 g/mol. The molecule has 0 aliphatic heterocycles. The van der Waals surface area contributed by atoms with Crippen LogP contribution in [0.3, 0.4) is 0 Å². The summed E-state index contributed by atoms with van der Waals surface area (Å²) in [6, 6.07) is 22.7. The molecule has 32 heavy (non-hydrogen) atoms. The van der Waals surface area contributed by atoms with Crippen molar-refractivity contribution in [2.45, 2.75) is 10.6 Å². The SMILES string of the molecule is COc1cc(CSc2ccc(-c3c(-c4ccncc4)cnn3C)cc2)nc2ccccc12. The molecule has 5 aromatic rings. The van der Waals surface area contributed by atoms with Gasteiger partial charge < -0.3 is 4.74 Å². The van der Waals surface area contributed by atoms with Gasteiger partial charge in [-0.25, -0.2) is 0 Å². The minimum atomic E-state index is 0.772. The first-order valence-corrected chi connectivity index (χ1v) is 11.3. The van der Waals surface area contributed by atoms with Crippen molar-refractivity contribution < 1.29 is 4.74 Å². The zero-order valence-corrected chi connectivity index (χ0v) is 18.7. The van der Waals surface area contributed by atoms with Gasteiger partial charge in [-0.3, -0.25) is 14.6 Å². The van der Waals surface area contributed by atoms with Crippen LogP contribution in [0.15, 0.2) is 90.2 Å². The van der Waals surface area contributed by atoms with Crippen LogP contribution in [0.25, 0.3) is 33.3 Å². The van der Waals surface area contributed by atoms with Crippen LogP contribution >= 0.6 is 11.8 Å². The number of ether oxygens (including phenoxy) is 1. The normalized spacial score (nSPS) is 11.1. The van der Waals surface area contributed by atoms with Crippen molar-refractivity contribution in [2.75, 3.05) is 7.11 Å². The summed E-state index contributed by atoms with van der Waals surface area (Å²) in [5.74, 6) is 1.63. The van der Waals surface area contributed by atoms with Gasteiger partial charge in [0.05, 0.1) is 30.2 Å². The van der Waals surface area contributed by atoms with Gasteiger partial charge in [0.25, 0.3) is 0 Å². The number of nitrogens with zero attached hydrogens (tertiary/aromatic N) is 4. The molecule has 3 heterocycles. The van der Waals surface area contributed by atoms with Crippen LogP contribution in [0.4, 0.5) is 0 Å². The van der Waals surface area contributed by atoms with Crippen molar-refractivity contribution in [3.8, 4) is 28.1 Å². The van der Waals surface area contributed by atoms with E-state index in [0.717, 1.165) is 50.5 Å². The van der Waals surface area contributed by atoms with Gasteiger partial charge in [0.1, 0.15) is 5.75 Å². The zero-order chi connectivity index (χ0) is 21.9. The molecular weight excluding hydrogens is 416 g/mol. The average Bonchev–Trinajstić information content (AvgIpc) is 3.24. The number of aryl methyl sites for hydroxylation is 1. The number of para-hydroxylation sites is 1. The fourth-order valence-electron chi connectivity index (χ4n) is 3.83. The molecule has 0 aliphatic carbocycles. The number of rotatable bonds is 6. The van der Waals surface area contributed by atoms with Crippen LogP contribution in [-0.4, -0.2) is 26.9 Å². The number of methoxy groups -OCH3 is 1. The number of benzene rings is 2. The Kier molecular flexibility index (Phi) is 5.60. The number of hydrogen-bond acceptors (Lipinski definition) is 5. The Labute approximate surface area is 191 Å². The summed E-state index contributed by atoms with van der Waals surface area (Å²) in [5, 5.41) is 5.52. The number of fused-ring (bicyclic) bond motifs is 1. The number of hydrogen-bond donors (Lipinski definition) is 0. The van der Waals surface area contributed by atoms with Gasteiger partial charge in [-0.05, 0) is 42.0 Å². The van der Waals surface area contributed by atoms with E-state index in [-0.39, 0.29) is 0 Å². The van der Waals surface area contributed by atoms with E-state index in [1.165, 1.54) is 4.90 Å². The second-order valence-electron chi connectivity index (χ2n) is 7.41. The predicted octanol–water partition coefficient (Wildman–Crippen LogP) is 6.00. The Morgan fingerprint density at radius 2 is 1.72 bits per heavy atom. The Balaban J connectivity index is 1.37. The lowest BCUT2D eigenvalue weighted by Gasteiger charge is -2.10.